The summed E-state index contributed by atoms with van der Waals surface area (Å²) in [6, 6.07) is 6.27. The fraction of sp³-hybridized carbons (Fsp3) is 0.500. The second kappa shape index (κ2) is 7.98. The van der Waals surface area contributed by atoms with E-state index in [1.165, 1.54) is 18.5 Å². The molecule has 24 heavy (non-hydrogen) atoms. The zero-order valence-corrected chi connectivity index (χ0v) is 15.8. The van der Waals surface area contributed by atoms with Gasteiger partial charge in [0.05, 0.1) is 11.6 Å². The molecule has 1 atom stereocenters. The molecule has 6 nitrogen and oxygen atoms in total. The van der Waals surface area contributed by atoms with Crippen LogP contribution in [0.25, 0.3) is 0 Å². The van der Waals surface area contributed by atoms with E-state index >= 15 is 0 Å². The second-order valence-corrected chi connectivity index (χ2v) is 7.49. The van der Waals surface area contributed by atoms with Gasteiger partial charge in [0.2, 0.25) is 0 Å². The molecule has 2 rings (SSSR count). The van der Waals surface area contributed by atoms with Crippen molar-refractivity contribution >= 4 is 33.8 Å². The molecule has 1 aromatic rings. The van der Waals surface area contributed by atoms with Crippen molar-refractivity contribution in [3.05, 3.63) is 29.3 Å². The molecule has 0 N–H and O–H groups in total. The highest BCUT2D eigenvalue weighted by Crippen LogP contribution is 2.23. The Balaban J connectivity index is 2.22. The Hall–Kier alpha value is -1.60. The topological polar surface area (TPSA) is 65.3 Å². The minimum Gasteiger partial charge on any atom is -0.359 e. The minimum absolute atomic E-state index is 0.00195. The van der Waals surface area contributed by atoms with E-state index in [1.54, 1.807) is 17.1 Å². The third kappa shape index (κ3) is 4.08. The number of hydrogen-bond acceptors (Lipinski definition) is 4. The van der Waals surface area contributed by atoms with Crippen molar-refractivity contribution in [3.63, 3.8) is 0 Å². The molecular weight excluding hydrogens is 348 g/mol. The van der Waals surface area contributed by atoms with Gasteiger partial charge in [-0.2, -0.15) is 13.5 Å². The Labute approximate surface area is 148 Å². The first-order valence-electron chi connectivity index (χ1n) is 8.08. The standard InChI is InChI=1S/C16H23ClN4O2S/c1-4-13-11-21(19-16(13)20(5-2)6-3)12-18-24(22,23)15-10-8-7-9-14(15)17/h7-10,12-13H,4-6,11H2,1-3H3/b18-12+. The van der Waals surface area contributed by atoms with Gasteiger partial charge in [-0.15, -0.1) is 4.40 Å². The molecule has 0 amide bonds. The lowest BCUT2D eigenvalue weighted by atomic mass is 10.1. The predicted octanol–water partition coefficient (Wildman–Crippen LogP) is 3.05. The Morgan fingerprint density at radius 2 is 2.00 bits per heavy atom. The molecular formula is C16H23ClN4O2S. The average Bonchev–Trinajstić information content (AvgIpc) is 2.98. The summed E-state index contributed by atoms with van der Waals surface area (Å²) in [6.07, 6.45) is 2.22. The van der Waals surface area contributed by atoms with Gasteiger partial charge in [-0.3, -0.25) is 5.01 Å². The number of amidine groups is 1. The molecule has 8 heteroatoms. The summed E-state index contributed by atoms with van der Waals surface area (Å²) in [6.45, 7) is 8.63. The van der Waals surface area contributed by atoms with Crippen molar-refractivity contribution in [2.24, 2.45) is 15.4 Å². The van der Waals surface area contributed by atoms with Gasteiger partial charge in [0.1, 0.15) is 17.1 Å². The Kier molecular flexibility index (Phi) is 6.23. The van der Waals surface area contributed by atoms with Gasteiger partial charge in [0.25, 0.3) is 10.0 Å². The lowest BCUT2D eigenvalue weighted by molar-refractivity contribution is 0.429. The molecule has 1 aliphatic rings. The van der Waals surface area contributed by atoms with Crippen molar-refractivity contribution in [1.82, 2.24) is 9.91 Å². The number of halogens is 1. The highest BCUT2D eigenvalue weighted by atomic mass is 35.5. The highest BCUT2D eigenvalue weighted by molar-refractivity contribution is 7.90. The Morgan fingerprint density at radius 3 is 2.58 bits per heavy atom. The minimum atomic E-state index is -3.84. The van der Waals surface area contributed by atoms with Crippen LogP contribution in [-0.4, -0.2) is 50.1 Å². The third-order valence-corrected chi connectivity index (χ3v) is 5.74. The fourth-order valence-corrected chi connectivity index (χ4v) is 3.98. The Morgan fingerprint density at radius 1 is 1.33 bits per heavy atom. The van der Waals surface area contributed by atoms with E-state index in [0.717, 1.165) is 25.3 Å². The van der Waals surface area contributed by atoms with Gasteiger partial charge < -0.3 is 4.90 Å². The maximum atomic E-state index is 12.3. The summed E-state index contributed by atoms with van der Waals surface area (Å²) in [5.74, 6) is 1.27. The van der Waals surface area contributed by atoms with Crippen molar-refractivity contribution in [3.8, 4) is 0 Å². The zero-order valence-electron chi connectivity index (χ0n) is 14.2. The van der Waals surface area contributed by atoms with Crippen LogP contribution in [0.4, 0.5) is 0 Å². The number of hydrogen-bond donors (Lipinski definition) is 0. The van der Waals surface area contributed by atoms with Gasteiger partial charge >= 0.3 is 0 Å². The second-order valence-electron chi connectivity index (χ2n) is 5.48. The van der Waals surface area contributed by atoms with Gasteiger partial charge in [-0.05, 0) is 32.4 Å². The highest BCUT2D eigenvalue weighted by Gasteiger charge is 2.28. The van der Waals surface area contributed by atoms with Crippen LogP contribution in [0.5, 0.6) is 0 Å². The normalized spacial score (nSPS) is 18.2. The summed E-state index contributed by atoms with van der Waals surface area (Å²) in [5.41, 5.74) is 0. The van der Waals surface area contributed by atoms with E-state index in [4.69, 9.17) is 11.6 Å². The number of hydrazone groups is 1. The van der Waals surface area contributed by atoms with Gasteiger partial charge in [-0.25, -0.2) is 0 Å². The van der Waals surface area contributed by atoms with Gasteiger partial charge in [0, 0.05) is 19.0 Å². The molecule has 0 aliphatic carbocycles. The Bertz CT molecular complexity index is 729. The molecule has 132 valence electrons. The quantitative estimate of drug-likeness (QED) is 0.570. The first-order chi connectivity index (χ1) is 11.4. The summed E-state index contributed by atoms with van der Waals surface area (Å²) >= 11 is 5.95. The van der Waals surface area contributed by atoms with Crippen molar-refractivity contribution in [1.29, 1.82) is 0 Å². The maximum Gasteiger partial charge on any atom is 0.285 e. The van der Waals surface area contributed by atoms with E-state index in [-0.39, 0.29) is 15.8 Å². The van der Waals surface area contributed by atoms with Crippen LogP contribution in [0.15, 0.2) is 38.7 Å². The average molecular weight is 371 g/mol. The molecule has 0 aromatic heterocycles. The van der Waals surface area contributed by atoms with E-state index in [0.29, 0.717) is 6.54 Å². The lowest BCUT2D eigenvalue weighted by Crippen LogP contribution is -2.34. The van der Waals surface area contributed by atoms with Gasteiger partial charge in [0.15, 0.2) is 0 Å². The SMILES string of the molecule is CCC1CN(/C=N/S(=O)(=O)c2ccccc2Cl)N=C1N(CC)CC. The van der Waals surface area contributed by atoms with Gasteiger partial charge in [-0.1, -0.05) is 30.7 Å². The summed E-state index contributed by atoms with van der Waals surface area (Å²) < 4.78 is 28.4. The summed E-state index contributed by atoms with van der Waals surface area (Å²) in [7, 11) is -3.84. The van der Waals surface area contributed by atoms with Crippen molar-refractivity contribution in [2.75, 3.05) is 19.6 Å². The first-order valence-corrected chi connectivity index (χ1v) is 9.89. The molecule has 0 saturated carbocycles. The molecule has 0 radical (unpaired) electrons. The molecule has 0 bridgehead atoms. The number of benzene rings is 1. The lowest BCUT2D eigenvalue weighted by Gasteiger charge is -2.23. The molecule has 0 spiro atoms. The molecule has 0 saturated heterocycles. The third-order valence-electron chi connectivity index (χ3n) is 4.02. The van der Waals surface area contributed by atoms with Crippen molar-refractivity contribution in [2.45, 2.75) is 32.1 Å². The van der Waals surface area contributed by atoms with Crippen LogP contribution in [0.2, 0.25) is 5.02 Å². The van der Waals surface area contributed by atoms with E-state index in [1.807, 2.05) is 0 Å². The summed E-state index contributed by atoms with van der Waals surface area (Å²) in [4.78, 5) is 2.19. The summed E-state index contributed by atoms with van der Waals surface area (Å²) in [5, 5.41) is 6.29. The molecule has 1 aromatic carbocycles. The zero-order chi connectivity index (χ0) is 17.7. The predicted molar refractivity (Wildman–Crippen MR) is 98.0 cm³/mol. The maximum absolute atomic E-state index is 12.3. The van der Waals surface area contributed by atoms with E-state index < -0.39 is 10.0 Å². The largest absolute Gasteiger partial charge is 0.359 e. The van der Waals surface area contributed by atoms with E-state index in [9.17, 15) is 8.42 Å². The fourth-order valence-electron chi connectivity index (χ4n) is 2.64. The van der Waals surface area contributed by atoms with Crippen LogP contribution in [0, 0.1) is 5.92 Å². The molecule has 1 heterocycles. The van der Waals surface area contributed by atoms with Crippen LogP contribution < -0.4 is 0 Å². The van der Waals surface area contributed by atoms with E-state index in [2.05, 4.69) is 35.2 Å². The number of sulfonamides is 1. The number of nitrogens with zero attached hydrogens (tertiary/aromatic N) is 4. The monoisotopic (exact) mass is 370 g/mol. The van der Waals surface area contributed by atoms with Crippen LogP contribution in [0.3, 0.4) is 0 Å². The molecule has 0 fully saturated rings. The smallest absolute Gasteiger partial charge is 0.285 e. The van der Waals surface area contributed by atoms with Crippen LogP contribution in [-0.2, 0) is 10.0 Å². The van der Waals surface area contributed by atoms with Crippen LogP contribution in [0.1, 0.15) is 27.2 Å². The number of rotatable bonds is 6. The van der Waals surface area contributed by atoms with Crippen LogP contribution >= 0.6 is 11.6 Å². The molecule has 1 unspecified atom stereocenters. The first kappa shape index (κ1) is 18.7. The van der Waals surface area contributed by atoms with Crippen molar-refractivity contribution < 1.29 is 8.42 Å². The molecule has 1 aliphatic heterocycles.